The van der Waals surface area contributed by atoms with Gasteiger partial charge in [-0.2, -0.15) is 0 Å². The summed E-state index contributed by atoms with van der Waals surface area (Å²) in [5.41, 5.74) is 0.234. The second kappa shape index (κ2) is 4.29. The van der Waals surface area contributed by atoms with Crippen molar-refractivity contribution in [1.29, 1.82) is 0 Å². The average Bonchev–Trinajstić information content (AvgIpc) is 2.14. The molecule has 0 radical (unpaired) electrons. The number of pyridine rings is 1. The van der Waals surface area contributed by atoms with Crippen LogP contribution in [0.25, 0.3) is 6.08 Å². The van der Waals surface area contributed by atoms with Crippen LogP contribution in [0.1, 0.15) is 23.0 Å². The van der Waals surface area contributed by atoms with Crippen LogP contribution < -0.4 is 0 Å². The lowest BCUT2D eigenvalue weighted by Crippen LogP contribution is -2.10. The zero-order chi connectivity index (χ0) is 11.5. The Bertz CT molecular complexity index is 401. The van der Waals surface area contributed by atoms with E-state index in [2.05, 4.69) is 4.98 Å². The molecule has 6 heteroatoms. The number of Topliss-reactive ketones (excluding diaryl/α,β-unsaturated/α-hetero) is 1. The average molecular weight is 214 g/mol. The highest BCUT2D eigenvalue weighted by Gasteiger charge is 2.17. The fraction of sp³-hybridized carbons (Fsp3) is 0.111. The van der Waals surface area contributed by atoms with E-state index >= 15 is 0 Å². The second-order valence-corrected chi connectivity index (χ2v) is 2.98. The van der Waals surface area contributed by atoms with Gasteiger partial charge in [0.25, 0.3) is 0 Å². The van der Waals surface area contributed by atoms with Crippen molar-refractivity contribution in [3.8, 4) is 0 Å². The van der Waals surface area contributed by atoms with Crippen LogP contribution in [0, 0.1) is 0 Å². The third-order valence-corrected chi connectivity index (χ3v) is 1.67. The molecule has 0 N–H and O–H groups in total. The van der Waals surface area contributed by atoms with Crippen molar-refractivity contribution in [1.82, 2.24) is 4.98 Å². The van der Waals surface area contributed by atoms with Gasteiger partial charge >= 0.3 is 6.98 Å². The van der Waals surface area contributed by atoms with Gasteiger partial charge in [0, 0.05) is 18.7 Å². The lowest BCUT2D eigenvalue weighted by molar-refractivity contribution is 0.101. The number of halogens is 3. The molecule has 1 rings (SSSR count). The molecule has 0 aliphatic carbocycles. The molecule has 0 bridgehead atoms. The van der Waals surface area contributed by atoms with E-state index in [1.54, 1.807) is 0 Å². The minimum Gasteiger partial charge on any atom is -0.445 e. The highest BCUT2D eigenvalue weighted by atomic mass is 19.4. The van der Waals surface area contributed by atoms with Gasteiger partial charge in [-0.25, -0.2) is 0 Å². The minimum absolute atomic E-state index is 0.0498. The van der Waals surface area contributed by atoms with Crippen LogP contribution in [-0.4, -0.2) is 17.7 Å². The molecule has 0 saturated heterocycles. The number of carbonyl (C=O) groups excluding carboxylic acids is 1. The molecule has 0 amide bonds. The van der Waals surface area contributed by atoms with E-state index in [1.165, 1.54) is 25.3 Å². The molecule has 0 saturated carbocycles. The van der Waals surface area contributed by atoms with Gasteiger partial charge in [-0.1, -0.05) is 12.1 Å². The first-order chi connectivity index (χ1) is 6.90. The Labute approximate surface area is 84.9 Å². The van der Waals surface area contributed by atoms with E-state index in [0.717, 1.165) is 6.08 Å². The number of rotatable bonds is 3. The Morgan fingerprint density at radius 3 is 2.67 bits per heavy atom. The largest absolute Gasteiger partial charge is 0.502 e. The smallest absolute Gasteiger partial charge is 0.445 e. The number of hydrogen-bond donors (Lipinski definition) is 0. The maximum Gasteiger partial charge on any atom is 0.502 e. The number of ketones is 1. The molecular weight excluding hydrogens is 206 g/mol. The maximum absolute atomic E-state index is 11.9. The summed E-state index contributed by atoms with van der Waals surface area (Å²) < 4.78 is 35.8. The van der Waals surface area contributed by atoms with Crippen molar-refractivity contribution in [2.24, 2.45) is 0 Å². The van der Waals surface area contributed by atoms with Crippen molar-refractivity contribution < 1.29 is 17.7 Å². The Balaban J connectivity index is 3.05. The van der Waals surface area contributed by atoms with E-state index < -0.39 is 6.98 Å². The van der Waals surface area contributed by atoms with Crippen LogP contribution >= 0.6 is 0 Å². The molecule has 1 aromatic heterocycles. The van der Waals surface area contributed by atoms with Crippen LogP contribution in [0.5, 0.6) is 0 Å². The summed E-state index contributed by atoms with van der Waals surface area (Å²) in [5, 5.41) is 0. The summed E-state index contributed by atoms with van der Waals surface area (Å²) in [5.74, 6) is -0.214. The van der Waals surface area contributed by atoms with Crippen molar-refractivity contribution in [3.63, 3.8) is 0 Å². The molecule has 1 aromatic rings. The zero-order valence-corrected chi connectivity index (χ0v) is 7.95. The summed E-state index contributed by atoms with van der Waals surface area (Å²) in [4.78, 5) is 14.7. The van der Waals surface area contributed by atoms with Crippen molar-refractivity contribution >= 4 is 18.8 Å². The lowest BCUT2D eigenvalue weighted by atomic mass is 9.90. The molecule has 0 unspecified atom stereocenters. The highest BCUT2D eigenvalue weighted by Crippen LogP contribution is 2.14. The van der Waals surface area contributed by atoms with Gasteiger partial charge in [0.05, 0.1) is 0 Å². The predicted molar refractivity (Wildman–Crippen MR) is 52.4 cm³/mol. The first kappa shape index (κ1) is 11.5. The van der Waals surface area contributed by atoms with E-state index in [4.69, 9.17) is 0 Å². The zero-order valence-electron chi connectivity index (χ0n) is 7.95. The quantitative estimate of drug-likeness (QED) is 0.571. The van der Waals surface area contributed by atoms with E-state index in [-0.39, 0.29) is 23.0 Å². The summed E-state index contributed by atoms with van der Waals surface area (Å²) in [7, 11) is 0. The van der Waals surface area contributed by atoms with Gasteiger partial charge < -0.3 is 12.9 Å². The summed E-state index contributed by atoms with van der Waals surface area (Å²) in [6, 6.07) is 2.90. The minimum atomic E-state index is -4.98. The Kier molecular flexibility index (Phi) is 3.29. The summed E-state index contributed by atoms with van der Waals surface area (Å²) in [6.07, 6.45) is 2.23. The van der Waals surface area contributed by atoms with Gasteiger partial charge in [0.1, 0.15) is 5.69 Å². The first-order valence-corrected chi connectivity index (χ1v) is 4.25. The molecule has 80 valence electrons. The molecule has 0 aromatic carbocycles. The SMILES string of the molecule is CC(=O)c1ncccc1/C=C/[B-](F)(F)F. The Morgan fingerprint density at radius 2 is 2.13 bits per heavy atom. The number of nitrogens with zero attached hydrogens (tertiary/aromatic N) is 1. The third-order valence-electron chi connectivity index (χ3n) is 1.67. The molecule has 0 aliphatic rings. The molecule has 1 heterocycles. The van der Waals surface area contributed by atoms with Crippen LogP contribution in [0.15, 0.2) is 24.3 Å². The lowest BCUT2D eigenvalue weighted by Gasteiger charge is -2.07. The van der Waals surface area contributed by atoms with E-state index in [0.29, 0.717) is 0 Å². The Morgan fingerprint density at radius 1 is 1.47 bits per heavy atom. The first-order valence-electron chi connectivity index (χ1n) is 4.25. The molecule has 0 spiro atoms. The van der Waals surface area contributed by atoms with Crippen LogP contribution in [-0.2, 0) is 0 Å². The van der Waals surface area contributed by atoms with Gasteiger partial charge in [-0.05, 0) is 6.07 Å². The molecule has 0 aliphatic heterocycles. The molecule has 0 fully saturated rings. The van der Waals surface area contributed by atoms with Crippen molar-refractivity contribution in [2.45, 2.75) is 6.92 Å². The monoisotopic (exact) mass is 214 g/mol. The third kappa shape index (κ3) is 3.57. The fourth-order valence-electron chi connectivity index (χ4n) is 1.06. The number of aromatic nitrogens is 1. The maximum atomic E-state index is 11.9. The van der Waals surface area contributed by atoms with E-state index in [1.807, 2.05) is 0 Å². The van der Waals surface area contributed by atoms with Crippen molar-refractivity contribution in [2.75, 3.05) is 0 Å². The molecular formula is C9H8BF3NO-. The molecule has 0 atom stereocenters. The molecule has 15 heavy (non-hydrogen) atoms. The van der Waals surface area contributed by atoms with Gasteiger partial charge in [-0.15, -0.1) is 5.98 Å². The van der Waals surface area contributed by atoms with Gasteiger partial charge in [-0.3, -0.25) is 9.78 Å². The summed E-state index contributed by atoms with van der Waals surface area (Å²) >= 11 is 0. The molecule has 2 nitrogen and oxygen atoms in total. The topological polar surface area (TPSA) is 30.0 Å². The standard InChI is InChI=1S/C9H8BF3NO/c1-7(15)9-8(3-2-6-14-9)4-5-10(11,12)13/h2-6H,1H3/q-1/b5-4+. The fourth-order valence-corrected chi connectivity index (χ4v) is 1.06. The second-order valence-electron chi connectivity index (χ2n) is 2.98. The predicted octanol–water partition coefficient (Wildman–Crippen LogP) is 2.68. The number of carbonyl (C=O) groups is 1. The number of hydrogen-bond acceptors (Lipinski definition) is 2. The van der Waals surface area contributed by atoms with Crippen LogP contribution in [0.3, 0.4) is 0 Å². The van der Waals surface area contributed by atoms with Crippen molar-refractivity contribution in [3.05, 3.63) is 35.6 Å². The summed E-state index contributed by atoms with van der Waals surface area (Å²) in [6.45, 7) is -3.72. The van der Waals surface area contributed by atoms with E-state index in [9.17, 15) is 17.7 Å². The van der Waals surface area contributed by atoms with Gasteiger partial charge in [0.15, 0.2) is 5.78 Å². The van der Waals surface area contributed by atoms with Crippen LogP contribution in [0.4, 0.5) is 12.9 Å². The Hall–Kier alpha value is -1.59. The van der Waals surface area contributed by atoms with Crippen LogP contribution in [0.2, 0.25) is 0 Å². The normalized spacial score (nSPS) is 12.0. The highest BCUT2D eigenvalue weighted by molar-refractivity contribution is 6.64. The van der Waals surface area contributed by atoms with Gasteiger partial charge in [0.2, 0.25) is 0 Å².